The molecule has 0 saturated heterocycles. The van der Waals surface area contributed by atoms with E-state index < -0.39 is 5.41 Å². The lowest BCUT2D eigenvalue weighted by Gasteiger charge is -2.22. The molecule has 0 spiro atoms. The number of nitrogens with zero attached hydrogens (tertiary/aromatic N) is 2. The predicted octanol–water partition coefficient (Wildman–Crippen LogP) is 2.88. The Morgan fingerprint density at radius 3 is 2.68 bits per heavy atom. The minimum absolute atomic E-state index is 0.175. The average molecular weight is 287 g/mol. The molecule has 1 aromatic rings. The average Bonchev–Trinajstić information content (AvgIpc) is 2.38. The summed E-state index contributed by atoms with van der Waals surface area (Å²) in [6.07, 6.45) is 4.67. The highest BCUT2D eigenvalue weighted by Crippen LogP contribution is 2.19. The van der Waals surface area contributed by atoms with Crippen molar-refractivity contribution in [2.24, 2.45) is 5.41 Å². The van der Waals surface area contributed by atoms with Crippen LogP contribution in [0, 0.1) is 5.41 Å². The molecule has 1 heterocycles. The largest absolute Gasteiger partial charge is 0.475 e. The highest BCUT2D eigenvalue weighted by molar-refractivity contribution is 6.29. The van der Waals surface area contributed by atoms with Gasteiger partial charge < -0.3 is 9.47 Å². The molecule has 0 aliphatic carbocycles. The number of hydrogen-bond acceptors (Lipinski definition) is 5. The van der Waals surface area contributed by atoms with Gasteiger partial charge in [0, 0.05) is 0 Å². The first-order chi connectivity index (χ1) is 8.95. The molecule has 0 N–H and O–H groups in total. The third kappa shape index (κ3) is 5.42. The fourth-order valence-electron chi connectivity index (χ4n) is 1.19. The standard InChI is InChI=1S/C13H19ClN2O3/c1-4-5-6-18-12(17)13(2,3)9-19-11-8-15-10(14)7-16-11/h7-8H,4-6,9H2,1-3H3. The van der Waals surface area contributed by atoms with Crippen LogP contribution >= 0.6 is 11.6 Å². The maximum Gasteiger partial charge on any atom is 0.314 e. The molecule has 0 unspecified atom stereocenters. The lowest BCUT2D eigenvalue weighted by atomic mass is 9.95. The number of rotatable bonds is 7. The zero-order valence-electron chi connectivity index (χ0n) is 11.5. The van der Waals surface area contributed by atoms with Crippen molar-refractivity contribution < 1.29 is 14.3 Å². The summed E-state index contributed by atoms with van der Waals surface area (Å²) in [5.41, 5.74) is -0.727. The zero-order chi connectivity index (χ0) is 14.3. The number of carbonyl (C=O) groups is 1. The highest BCUT2D eigenvalue weighted by Gasteiger charge is 2.30. The molecule has 5 nitrogen and oxygen atoms in total. The Kier molecular flexibility index (Phi) is 6.02. The minimum Gasteiger partial charge on any atom is -0.475 e. The maximum atomic E-state index is 11.9. The summed E-state index contributed by atoms with van der Waals surface area (Å²) in [6, 6.07) is 0. The van der Waals surface area contributed by atoms with E-state index in [0.29, 0.717) is 17.6 Å². The van der Waals surface area contributed by atoms with Crippen molar-refractivity contribution in [3.05, 3.63) is 17.5 Å². The highest BCUT2D eigenvalue weighted by atomic mass is 35.5. The van der Waals surface area contributed by atoms with E-state index in [2.05, 4.69) is 9.97 Å². The van der Waals surface area contributed by atoms with Gasteiger partial charge in [-0.3, -0.25) is 4.79 Å². The summed E-state index contributed by atoms with van der Waals surface area (Å²) in [5.74, 6) is 0.0571. The van der Waals surface area contributed by atoms with E-state index in [9.17, 15) is 4.79 Å². The third-order valence-electron chi connectivity index (χ3n) is 2.46. The van der Waals surface area contributed by atoms with E-state index >= 15 is 0 Å². The summed E-state index contributed by atoms with van der Waals surface area (Å²) >= 11 is 5.62. The second-order valence-electron chi connectivity index (χ2n) is 4.84. The molecule has 0 saturated carbocycles. The van der Waals surface area contributed by atoms with Crippen LogP contribution in [-0.2, 0) is 9.53 Å². The molecule has 0 aliphatic rings. The van der Waals surface area contributed by atoms with Crippen molar-refractivity contribution in [2.75, 3.05) is 13.2 Å². The third-order valence-corrected chi connectivity index (χ3v) is 2.66. The Morgan fingerprint density at radius 1 is 1.37 bits per heavy atom. The molecule has 19 heavy (non-hydrogen) atoms. The molecule has 106 valence electrons. The molecule has 0 amide bonds. The van der Waals surface area contributed by atoms with Crippen molar-refractivity contribution in [2.45, 2.75) is 33.6 Å². The Hall–Kier alpha value is -1.36. The number of hydrogen-bond donors (Lipinski definition) is 0. The predicted molar refractivity (Wildman–Crippen MR) is 72.2 cm³/mol. The van der Waals surface area contributed by atoms with Crippen LogP contribution in [0.25, 0.3) is 0 Å². The van der Waals surface area contributed by atoms with Crippen LogP contribution in [0.15, 0.2) is 12.4 Å². The number of aromatic nitrogens is 2. The summed E-state index contributed by atoms with van der Waals surface area (Å²) in [5, 5.41) is 0.297. The summed E-state index contributed by atoms with van der Waals surface area (Å²) in [6.45, 7) is 6.20. The van der Waals surface area contributed by atoms with Gasteiger partial charge >= 0.3 is 5.97 Å². The fourth-order valence-corrected chi connectivity index (χ4v) is 1.29. The molecule has 0 fully saturated rings. The molecular formula is C13H19ClN2O3. The lowest BCUT2D eigenvalue weighted by molar-refractivity contribution is -0.155. The van der Waals surface area contributed by atoms with Crippen LogP contribution in [0.4, 0.5) is 0 Å². The van der Waals surface area contributed by atoms with Gasteiger partial charge in [-0.2, -0.15) is 0 Å². The van der Waals surface area contributed by atoms with Crippen molar-refractivity contribution in [1.82, 2.24) is 9.97 Å². The smallest absolute Gasteiger partial charge is 0.314 e. The van der Waals surface area contributed by atoms with Gasteiger partial charge in [0.25, 0.3) is 0 Å². The topological polar surface area (TPSA) is 61.3 Å². The Balaban J connectivity index is 2.45. The number of halogens is 1. The number of esters is 1. The van der Waals surface area contributed by atoms with E-state index in [-0.39, 0.29) is 12.6 Å². The molecule has 0 atom stereocenters. The molecule has 6 heteroatoms. The van der Waals surface area contributed by atoms with Gasteiger partial charge in [-0.25, -0.2) is 9.97 Å². The molecule has 0 bridgehead atoms. The van der Waals surface area contributed by atoms with E-state index in [1.54, 1.807) is 13.8 Å². The first kappa shape index (κ1) is 15.7. The van der Waals surface area contributed by atoms with Crippen LogP contribution in [-0.4, -0.2) is 29.2 Å². The van der Waals surface area contributed by atoms with Crippen molar-refractivity contribution in [3.63, 3.8) is 0 Å². The maximum absolute atomic E-state index is 11.9. The normalized spacial score (nSPS) is 11.2. The zero-order valence-corrected chi connectivity index (χ0v) is 12.2. The van der Waals surface area contributed by atoms with E-state index in [1.807, 2.05) is 6.92 Å². The summed E-state index contributed by atoms with van der Waals surface area (Å²) < 4.78 is 10.6. The van der Waals surface area contributed by atoms with Crippen molar-refractivity contribution >= 4 is 17.6 Å². The number of ether oxygens (including phenoxy) is 2. The second kappa shape index (κ2) is 7.28. The molecule has 0 aliphatic heterocycles. The van der Waals surface area contributed by atoms with Crippen LogP contribution in [0.1, 0.15) is 33.6 Å². The molecule has 1 rings (SSSR count). The van der Waals surface area contributed by atoms with Crippen LogP contribution in [0.3, 0.4) is 0 Å². The van der Waals surface area contributed by atoms with Crippen LogP contribution in [0.5, 0.6) is 5.88 Å². The van der Waals surface area contributed by atoms with Gasteiger partial charge in [-0.05, 0) is 20.3 Å². The van der Waals surface area contributed by atoms with Crippen molar-refractivity contribution in [3.8, 4) is 5.88 Å². The first-order valence-electron chi connectivity index (χ1n) is 6.23. The van der Waals surface area contributed by atoms with Crippen LogP contribution in [0.2, 0.25) is 5.15 Å². The first-order valence-corrected chi connectivity index (χ1v) is 6.61. The lowest BCUT2D eigenvalue weighted by Crippen LogP contribution is -2.33. The molecule has 0 aromatic carbocycles. The van der Waals surface area contributed by atoms with E-state index in [1.165, 1.54) is 12.4 Å². The van der Waals surface area contributed by atoms with Gasteiger partial charge in [0.1, 0.15) is 11.8 Å². The summed E-state index contributed by atoms with van der Waals surface area (Å²) in [7, 11) is 0. The Bertz CT molecular complexity index is 407. The van der Waals surface area contributed by atoms with Gasteiger partial charge in [0.05, 0.1) is 24.4 Å². The SMILES string of the molecule is CCCCOC(=O)C(C)(C)COc1cnc(Cl)cn1. The van der Waals surface area contributed by atoms with Gasteiger partial charge in [0.2, 0.25) is 5.88 Å². The molecule has 0 radical (unpaired) electrons. The summed E-state index contributed by atoms with van der Waals surface area (Å²) in [4.78, 5) is 19.6. The van der Waals surface area contributed by atoms with Gasteiger partial charge in [-0.1, -0.05) is 24.9 Å². The van der Waals surface area contributed by atoms with Gasteiger partial charge in [-0.15, -0.1) is 0 Å². The Morgan fingerprint density at radius 2 is 2.11 bits per heavy atom. The monoisotopic (exact) mass is 286 g/mol. The van der Waals surface area contributed by atoms with Gasteiger partial charge in [0.15, 0.2) is 0 Å². The van der Waals surface area contributed by atoms with Crippen molar-refractivity contribution in [1.29, 1.82) is 0 Å². The fraction of sp³-hybridized carbons (Fsp3) is 0.615. The van der Waals surface area contributed by atoms with E-state index in [4.69, 9.17) is 21.1 Å². The molecule has 1 aromatic heterocycles. The van der Waals surface area contributed by atoms with Crippen LogP contribution < -0.4 is 4.74 Å². The van der Waals surface area contributed by atoms with E-state index in [0.717, 1.165) is 12.8 Å². The number of carbonyl (C=O) groups excluding carboxylic acids is 1. The number of unbranched alkanes of at least 4 members (excludes halogenated alkanes) is 1. The molecular weight excluding hydrogens is 268 g/mol. The Labute approximate surface area is 118 Å². The minimum atomic E-state index is -0.727. The quantitative estimate of drug-likeness (QED) is 0.570. The second-order valence-corrected chi connectivity index (χ2v) is 5.23.